The van der Waals surface area contributed by atoms with Gasteiger partial charge in [-0.15, -0.1) is 0 Å². The number of hydrogen-bond donors (Lipinski definition) is 2. The molecule has 1 unspecified atom stereocenters. The fraction of sp³-hybridized carbons (Fsp3) is 0.529. The molecule has 0 bridgehead atoms. The van der Waals surface area contributed by atoms with Gasteiger partial charge >= 0.3 is 0 Å². The highest BCUT2D eigenvalue weighted by Crippen LogP contribution is 2.15. The third-order valence-electron chi connectivity index (χ3n) is 4.01. The topological polar surface area (TPSA) is 61.4 Å². The summed E-state index contributed by atoms with van der Waals surface area (Å²) in [5.74, 6) is 0.424. The van der Waals surface area contributed by atoms with Crippen molar-refractivity contribution >= 4 is 11.8 Å². The molecular formula is C17H25N3O2. The van der Waals surface area contributed by atoms with Crippen molar-refractivity contribution in [1.29, 1.82) is 0 Å². The number of nitrogens with one attached hydrogen (secondary N) is 2. The van der Waals surface area contributed by atoms with E-state index >= 15 is 0 Å². The summed E-state index contributed by atoms with van der Waals surface area (Å²) in [6.45, 7) is 2.61. The molecular weight excluding hydrogens is 278 g/mol. The fourth-order valence-corrected chi connectivity index (χ4v) is 2.88. The molecule has 0 aliphatic carbocycles. The van der Waals surface area contributed by atoms with E-state index in [1.807, 2.05) is 42.3 Å². The van der Waals surface area contributed by atoms with Crippen LogP contribution in [0.4, 0.5) is 0 Å². The van der Waals surface area contributed by atoms with Crippen molar-refractivity contribution in [3.8, 4) is 0 Å². The normalized spacial score (nSPS) is 18.0. The Balaban J connectivity index is 1.73. The molecule has 1 fully saturated rings. The molecule has 2 amide bonds. The molecule has 0 aromatic heterocycles. The van der Waals surface area contributed by atoms with E-state index in [-0.39, 0.29) is 18.4 Å². The first-order valence-electron chi connectivity index (χ1n) is 7.92. The van der Waals surface area contributed by atoms with Gasteiger partial charge in [-0.3, -0.25) is 9.59 Å². The molecule has 0 saturated carbocycles. The number of likely N-dealkylation sites (tertiary alicyclic amines) is 1. The molecule has 1 aliphatic rings. The number of nitrogens with zero attached hydrogens (tertiary/aromatic N) is 1. The largest absolute Gasteiger partial charge is 0.347 e. The van der Waals surface area contributed by atoms with Crippen LogP contribution in [0.25, 0.3) is 0 Å². The number of hydrogen-bond acceptors (Lipinski definition) is 3. The van der Waals surface area contributed by atoms with Crippen LogP contribution < -0.4 is 10.6 Å². The molecule has 2 N–H and O–H groups in total. The zero-order chi connectivity index (χ0) is 15.8. The maximum Gasteiger partial charge on any atom is 0.241 e. The minimum absolute atomic E-state index is 0.0159. The van der Waals surface area contributed by atoms with Gasteiger partial charge in [-0.05, 0) is 37.9 Å². The van der Waals surface area contributed by atoms with E-state index in [0.29, 0.717) is 12.3 Å². The molecule has 5 nitrogen and oxygen atoms in total. The maximum absolute atomic E-state index is 12.2. The van der Waals surface area contributed by atoms with Gasteiger partial charge in [0.1, 0.15) is 0 Å². The van der Waals surface area contributed by atoms with Crippen LogP contribution in [-0.4, -0.2) is 49.9 Å². The molecule has 1 aromatic rings. The van der Waals surface area contributed by atoms with Gasteiger partial charge in [0.15, 0.2) is 0 Å². The molecule has 0 radical (unpaired) electrons. The first kappa shape index (κ1) is 16.5. The summed E-state index contributed by atoms with van der Waals surface area (Å²) in [7, 11) is 1.94. The smallest absolute Gasteiger partial charge is 0.241 e. The summed E-state index contributed by atoms with van der Waals surface area (Å²) in [4.78, 5) is 25.9. The summed E-state index contributed by atoms with van der Waals surface area (Å²) in [6.07, 6.45) is 2.51. The zero-order valence-electron chi connectivity index (χ0n) is 13.2. The second-order valence-corrected chi connectivity index (χ2v) is 5.84. The first-order valence-corrected chi connectivity index (χ1v) is 7.92. The van der Waals surface area contributed by atoms with Gasteiger partial charge in [0, 0.05) is 13.1 Å². The summed E-state index contributed by atoms with van der Waals surface area (Å²) < 4.78 is 0. The van der Waals surface area contributed by atoms with E-state index in [9.17, 15) is 9.59 Å². The summed E-state index contributed by atoms with van der Waals surface area (Å²) in [5.41, 5.74) is 0.958. The Hall–Kier alpha value is -1.88. The quantitative estimate of drug-likeness (QED) is 0.817. The van der Waals surface area contributed by atoms with E-state index in [1.165, 1.54) is 0 Å². The number of carbonyl (C=O) groups is 2. The van der Waals surface area contributed by atoms with Crippen molar-refractivity contribution in [3.05, 3.63) is 35.9 Å². The molecule has 1 atom stereocenters. The van der Waals surface area contributed by atoms with Crippen LogP contribution in [0.3, 0.4) is 0 Å². The molecule has 1 aromatic carbocycles. The Bertz CT molecular complexity index is 488. The van der Waals surface area contributed by atoms with Gasteiger partial charge in [0.2, 0.25) is 11.8 Å². The second kappa shape index (κ2) is 8.54. The number of piperidine rings is 1. The van der Waals surface area contributed by atoms with Crippen molar-refractivity contribution in [2.75, 3.05) is 33.2 Å². The Morgan fingerprint density at radius 2 is 2.05 bits per heavy atom. The average molecular weight is 303 g/mol. The van der Waals surface area contributed by atoms with Crippen molar-refractivity contribution in [3.63, 3.8) is 0 Å². The Morgan fingerprint density at radius 1 is 1.27 bits per heavy atom. The average Bonchev–Trinajstić information content (AvgIpc) is 2.54. The van der Waals surface area contributed by atoms with Crippen molar-refractivity contribution in [2.24, 2.45) is 5.92 Å². The van der Waals surface area contributed by atoms with Crippen LogP contribution in [0.2, 0.25) is 0 Å². The molecule has 120 valence electrons. The van der Waals surface area contributed by atoms with Crippen LogP contribution in [0, 0.1) is 5.92 Å². The zero-order valence-corrected chi connectivity index (χ0v) is 13.2. The SMILES string of the molecule is CNCC1CCCN(C(=O)CNC(=O)Cc2ccccc2)C1. The predicted octanol–water partition coefficient (Wildman–Crippen LogP) is 0.803. The summed E-state index contributed by atoms with van der Waals surface area (Å²) in [5, 5.41) is 5.90. The highest BCUT2D eigenvalue weighted by atomic mass is 16.2. The van der Waals surface area contributed by atoms with Crippen molar-refractivity contribution in [2.45, 2.75) is 19.3 Å². The van der Waals surface area contributed by atoms with Crippen LogP contribution in [0.1, 0.15) is 18.4 Å². The van der Waals surface area contributed by atoms with Crippen LogP contribution in [0.5, 0.6) is 0 Å². The number of carbonyl (C=O) groups excluding carboxylic acids is 2. The predicted molar refractivity (Wildman–Crippen MR) is 86.4 cm³/mol. The monoisotopic (exact) mass is 303 g/mol. The summed E-state index contributed by atoms with van der Waals surface area (Å²) in [6, 6.07) is 9.55. The number of amides is 2. The van der Waals surface area contributed by atoms with Gasteiger partial charge in [-0.25, -0.2) is 0 Å². The minimum atomic E-state index is -0.108. The van der Waals surface area contributed by atoms with Gasteiger partial charge in [-0.2, -0.15) is 0 Å². The van der Waals surface area contributed by atoms with Gasteiger partial charge < -0.3 is 15.5 Å². The van der Waals surface area contributed by atoms with Gasteiger partial charge in [0.05, 0.1) is 13.0 Å². The van der Waals surface area contributed by atoms with Gasteiger partial charge in [0.25, 0.3) is 0 Å². The Labute approximate surface area is 132 Å². The lowest BCUT2D eigenvalue weighted by molar-refractivity contribution is -0.134. The number of benzene rings is 1. The van der Waals surface area contributed by atoms with Crippen LogP contribution in [0.15, 0.2) is 30.3 Å². The Morgan fingerprint density at radius 3 is 2.77 bits per heavy atom. The highest BCUT2D eigenvalue weighted by Gasteiger charge is 2.23. The van der Waals surface area contributed by atoms with E-state index in [4.69, 9.17) is 0 Å². The molecule has 1 aliphatic heterocycles. The van der Waals surface area contributed by atoms with Gasteiger partial charge in [-0.1, -0.05) is 30.3 Å². The first-order chi connectivity index (χ1) is 10.7. The van der Waals surface area contributed by atoms with Crippen LogP contribution >= 0.6 is 0 Å². The van der Waals surface area contributed by atoms with E-state index < -0.39 is 0 Å². The van der Waals surface area contributed by atoms with Crippen LogP contribution in [-0.2, 0) is 16.0 Å². The lowest BCUT2D eigenvalue weighted by Crippen LogP contribution is -2.46. The Kier molecular flexibility index (Phi) is 6.40. The maximum atomic E-state index is 12.2. The van der Waals surface area contributed by atoms with E-state index in [1.54, 1.807) is 0 Å². The standard InChI is InChI=1S/C17H25N3O2/c1-18-11-15-8-5-9-20(13-15)17(22)12-19-16(21)10-14-6-3-2-4-7-14/h2-4,6-7,15,18H,5,8-13H2,1H3,(H,19,21). The molecule has 0 spiro atoms. The molecule has 22 heavy (non-hydrogen) atoms. The summed E-state index contributed by atoms with van der Waals surface area (Å²) >= 11 is 0. The number of rotatable bonds is 6. The molecule has 1 heterocycles. The van der Waals surface area contributed by atoms with Crippen molar-refractivity contribution < 1.29 is 9.59 Å². The molecule has 1 saturated heterocycles. The lowest BCUT2D eigenvalue weighted by Gasteiger charge is -2.32. The van der Waals surface area contributed by atoms with Crippen molar-refractivity contribution in [1.82, 2.24) is 15.5 Å². The second-order valence-electron chi connectivity index (χ2n) is 5.84. The van der Waals surface area contributed by atoms with E-state index in [0.717, 1.165) is 38.0 Å². The third-order valence-corrected chi connectivity index (χ3v) is 4.01. The highest BCUT2D eigenvalue weighted by molar-refractivity contribution is 5.85. The van der Waals surface area contributed by atoms with E-state index in [2.05, 4.69) is 10.6 Å². The third kappa shape index (κ3) is 5.15. The lowest BCUT2D eigenvalue weighted by atomic mass is 9.98. The molecule has 2 rings (SSSR count). The fourth-order valence-electron chi connectivity index (χ4n) is 2.88. The molecule has 5 heteroatoms. The minimum Gasteiger partial charge on any atom is -0.347 e.